The summed E-state index contributed by atoms with van der Waals surface area (Å²) in [6.45, 7) is 7.18. The second-order valence-electron chi connectivity index (χ2n) is 9.16. The monoisotopic (exact) mass is 434 g/mol. The van der Waals surface area contributed by atoms with Crippen LogP contribution in [0.1, 0.15) is 50.1 Å². The van der Waals surface area contributed by atoms with Gasteiger partial charge in [0.1, 0.15) is 23.3 Å². The topological polar surface area (TPSA) is 79.5 Å². The van der Waals surface area contributed by atoms with E-state index in [0.717, 1.165) is 36.9 Å². The number of fused-ring (bicyclic) bond motifs is 1. The summed E-state index contributed by atoms with van der Waals surface area (Å²) in [6.07, 6.45) is 1.81. The van der Waals surface area contributed by atoms with E-state index in [1.54, 1.807) is 20.8 Å². The van der Waals surface area contributed by atoms with Crippen LogP contribution < -0.4 is 5.32 Å². The van der Waals surface area contributed by atoms with Gasteiger partial charge in [-0.3, -0.25) is 10.00 Å². The first-order valence-electron chi connectivity index (χ1n) is 10.5. The Morgan fingerprint density at radius 1 is 1.35 bits per heavy atom. The van der Waals surface area contributed by atoms with Crippen molar-refractivity contribution in [3.05, 3.63) is 52.9 Å². The third-order valence-electron chi connectivity index (χ3n) is 5.68. The Labute approximate surface area is 180 Å². The molecule has 0 spiro atoms. The molecule has 0 aliphatic carbocycles. The normalized spacial score (nSPS) is 24.5. The molecule has 1 aromatic heterocycles. The molecule has 31 heavy (non-hydrogen) atoms. The summed E-state index contributed by atoms with van der Waals surface area (Å²) < 4.78 is 39.8. The Balaban J connectivity index is 1.54. The number of carbonyl (C=O) groups is 1. The zero-order valence-corrected chi connectivity index (χ0v) is 18.0. The summed E-state index contributed by atoms with van der Waals surface area (Å²) in [5, 5.41) is 9.97. The fourth-order valence-corrected chi connectivity index (χ4v) is 4.25. The lowest BCUT2D eigenvalue weighted by Crippen LogP contribution is -2.53. The molecule has 0 unspecified atom stereocenters. The highest BCUT2D eigenvalue weighted by molar-refractivity contribution is 5.68. The van der Waals surface area contributed by atoms with E-state index < -0.39 is 35.5 Å². The molecular formula is C22H28F2N4O3. The second kappa shape index (κ2) is 8.55. The summed E-state index contributed by atoms with van der Waals surface area (Å²) in [7, 11) is 0. The van der Waals surface area contributed by atoms with Crippen molar-refractivity contribution >= 4 is 6.09 Å². The molecule has 168 valence electrons. The number of benzene rings is 1. The molecule has 2 aliphatic heterocycles. The van der Waals surface area contributed by atoms with Crippen LogP contribution in [0.3, 0.4) is 0 Å². The molecule has 2 aliphatic rings. The molecule has 1 aromatic carbocycles. The predicted molar refractivity (Wildman–Crippen MR) is 109 cm³/mol. The minimum absolute atomic E-state index is 0.00394. The van der Waals surface area contributed by atoms with Gasteiger partial charge in [-0.25, -0.2) is 13.6 Å². The van der Waals surface area contributed by atoms with Crippen molar-refractivity contribution in [1.29, 1.82) is 0 Å². The molecule has 3 atom stereocenters. The molecule has 0 saturated carbocycles. The van der Waals surface area contributed by atoms with Gasteiger partial charge in [-0.1, -0.05) is 0 Å². The van der Waals surface area contributed by atoms with Crippen molar-refractivity contribution in [1.82, 2.24) is 20.4 Å². The number of rotatable bonds is 3. The van der Waals surface area contributed by atoms with E-state index in [2.05, 4.69) is 20.4 Å². The minimum atomic E-state index is -0.813. The van der Waals surface area contributed by atoms with E-state index in [0.29, 0.717) is 19.6 Å². The summed E-state index contributed by atoms with van der Waals surface area (Å²) in [5.41, 5.74) is 1.69. The second-order valence-corrected chi connectivity index (χ2v) is 9.16. The highest BCUT2D eigenvalue weighted by atomic mass is 19.1. The number of hydrogen-bond acceptors (Lipinski definition) is 5. The van der Waals surface area contributed by atoms with Gasteiger partial charge >= 0.3 is 6.09 Å². The number of amides is 1. The van der Waals surface area contributed by atoms with Crippen LogP contribution in [0.15, 0.2) is 24.4 Å². The van der Waals surface area contributed by atoms with Crippen molar-refractivity contribution in [2.75, 3.05) is 13.2 Å². The van der Waals surface area contributed by atoms with Crippen LogP contribution in [0.5, 0.6) is 0 Å². The highest BCUT2D eigenvalue weighted by Gasteiger charge is 2.39. The first-order valence-corrected chi connectivity index (χ1v) is 10.5. The first-order chi connectivity index (χ1) is 14.7. The van der Waals surface area contributed by atoms with Crippen molar-refractivity contribution < 1.29 is 23.0 Å². The summed E-state index contributed by atoms with van der Waals surface area (Å²) in [4.78, 5) is 14.8. The Morgan fingerprint density at radius 2 is 2.16 bits per heavy atom. The number of H-pyrrole nitrogens is 1. The highest BCUT2D eigenvalue weighted by Crippen LogP contribution is 2.34. The van der Waals surface area contributed by atoms with Gasteiger partial charge in [-0.15, -0.1) is 0 Å². The Hall–Kier alpha value is -2.52. The van der Waals surface area contributed by atoms with Crippen LogP contribution in [0.25, 0.3) is 0 Å². The van der Waals surface area contributed by atoms with Gasteiger partial charge < -0.3 is 14.8 Å². The standard InChI is InChI=1S/C22H28F2N4O3/c1-22(2,3)31-21(29)26-18-9-15(28-7-6-13-10-25-27-19(13)11-28)12-30-20(18)16-8-14(23)4-5-17(16)24/h4-5,8,10,15,18,20H,6-7,9,11-12H2,1-3H3,(H,25,27)(H,26,29)/t15-,18+,20-/m1/s1. The number of hydrogen-bond donors (Lipinski definition) is 2. The zero-order chi connectivity index (χ0) is 22.2. The lowest BCUT2D eigenvalue weighted by molar-refractivity contribution is -0.0643. The Morgan fingerprint density at radius 3 is 2.94 bits per heavy atom. The molecule has 2 aromatic rings. The van der Waals surface area contributed by atoms with Crippen LogP contribution in [0, 0.1) is 11.6 Å². The Bertz CT molecular complexity index is 943. The maximum absolute atomic E-state index is 14.5. The summed E-state index contributed by atoms with van der Waals surface area (Å²) in [6, 6.07) is 2.70. The average Bonchev–Trinajstić information content (AvgIpc) is 3.16. The number of aromatic amines is 1. The van der Waals surface area contributed by atoms with Crippen LogP contribution in [-0.2, 0) is 22.4 Å². The zero-order valence-electron chi connectivity index (χ0n) is 18.0. The molecule has 0 radical (unpaired) electrons. The van der Waals surface area contributed by atoms with Gasteiger partial charge in [-0.2, -0.15) is 5.10 Å². The van der Waals surface area contributed by atoms with Crippen LogP contribution in [-0.4, -0.2) is 52.0 Å². The Kier molecular flexibility index (Phi) is 5.98. The van der Waals surface area contributed by atoms with E-state index in [9.17, 15) is 13.6 Å². The molecular weight excluding hydrogens is 406 g/mol. The lowest BCUT2D eigenvalue weighted by atomic mass is 9.91. The molecule has 0 bridgehead atoms. The predicted octanol–water partition coefficient (Wildman–Crippen LogP) is 3.47. The lowest BCUT2D eigenvalue weighted by Gasteiger charge is -2.42. The third-order valence-corrected chi connectivity index (χ3v) is 5.68. The van der Waals surface area contributed by atoms with Crippen molar-refractivity contribution in [2.24, 2.45) is 0 Å². The fraction of sp³-hybridized carbons (Fsp3) is 0.545. The average molecular weight is 434 g/mol. The van der Waals surface area contributed by atoms with E-state index >= 15 is 0 Å². The number of alkyl carbamates (subject to hydrolysis) is 1. The van der Waals surface area contributed by atoms with Gasteiger partial charge in [0, 0.05) is 24.7 Å². The van der Waals surface area contributed by atoms with Gasteiger partial charge in [0.05, 0.1) is 24.5 Å². The van der Waals surface area contributed by atoms with Crippen LogP contribution >= 0.6 is 0 Å². The van der Waals surface area contributed by atoms with E-state index in [1.165, 1.54) is 5.56 Å². The number of ether oxygens (including phenoxy) is 2. The number of aromatic nitrogens is 2. The fourth-order valence-electron chi connectivity index (χ4n) is 4.25. The van der Waals surface area contributed by atoms with Crippen LogP contribution in [0.2, 0.25) is 0 Å². The molecule has 1 fully saturated rings. The van der Waals surface area contributed by atoms with Gasteiger partial charge in [-0.05, 0) is 57.4 Å². The molecule has 2 N–H and O–H groups in total. The third kappa shape index (κ3) is 5.04. The largest absolute Gasteiger partial charge is 0.444 e. The molecule has 1 saturated heterocycles. The van der Waals surface area contributed by atoms with E-state index in [-0.39, 0.29) is 11.6 Å². The van der Waals surface area contributed by atoms with Crippen molar-refractivity contribution in [2.45, 2.75) is 63.9 Å². The summed E-state index contributed by atoms with van der Waals surface area (Å²) >= 11 is 0. The number of carbonyl (C=O) groups excluding carboxylic acids is 1. The minimum Gasteiger partial charge on any atom is -0.444 e. The number of halogens is 2. The number of nitrogens with zero attached hydrogens (tertiary/aromatic N) is 2. The SMILES string of the molecule is CC(C)(C)OC(=O)N[C@H]1C[C@@H](N2CCc3cn[nH]c3C2)CO[C@@H]1c1cc(F)ccc1F. The smallest absolute Gasteiger partial charge is 0.407 e. The number of nitrogens with one attached hydrogen (secondary N) is 2. The maximum atomic E-state index is 14.5. The first kappa shape index (κ1) is 21.7. The molecule has 4 rings (SSSR count). The molecule has 9 heteroatoms. The van der Waals surface area contributed by atoms with Gasteiger partial charge in [0.15, 0.2) is 0 Å². The van der Waals surface area contributed by atoms with Crippen molar-refractivity contribution in [3.8, 4) is 0 Å². The van der Waals surface area contributed by atoms with E-state index in [1.807, 2.05) is 6.20 Å². The maximum Gasteiger partial charge on any atom is 0.407 e. The van der Waals surface area contributed by atoms with Gasteiger partial charge in [0.25, 0.3) is 0 Å². The van der Waals surface area contributed by atoms with E-state index in [4.69, 9.17) is 9.47 Å². The molecule has 3 heterocycles. The quantitative estimate of drug-likeness (QED) is 0.774. The molecule has 1 amide bonds. The van der Waals surface area contributed by atoms with Gasteiger partial charge in [0.2, 0.25) is 0 Å². The van der Waals surface area contributed by atoms with Crippen molar-refractivity contribution in [3.63, 3.8) is 0 Å². The molecule has 7 nitrogen and oxygen atoms in total. The summed E-state index contributed by atoms with van der Waals surface area (Å²) in [5.74, 6) is -1.12. The van der Waals surface area contributed by atoms with Crippen LogP contribution in [0.4, 0.5) is 13.6 Å².